The molecule has 0 amide bonds. The Bertz CT molecular complexity index is 599. The summed E-state index contributed by atoms with van der Waals surface area (Å²) >= 11 is 0. The molecule has 1 rings (SSSR count). The van der Waals surface area contributed by atoms with Crippen molar-refractivity contribution in [2.24, 2.45) is 0 Å². The number of hydrogen-bond donors (Lipinski definition) is 1. The fraction of sp³-hybridized carbons (Fsp3) is 0.538. The Morgan fingerprint density at radius 3 is 2.62 bits per heavy atom. The highest BCUT2D eigenvalue weighted by Gasteiger charge is 2.19. The number of nitro groups is 1. The quantitative estimate of drug-likeness (QED) is 0.449. The summed E-state index contributed by atoms with van der Waals surface area (Å²) in [5, 5.41) is 10.8. The molecule has 8 heteroatoms. The van der Waals surface area contributed by atoms with Gasteiger partial charge in [-0.25, -0.2) is 13.1 Å². The first-order valence-corrected chi connectivity index (χ1v) is 8.08. The maximum absolute atomic E-state index is 12.0. The predicted molar refractivity (Wildman–Crippen MR) is 78.7 cm³/mol. The summed E-state index contributed by atoms with van der Waals surface area (Å²) in [5.74, 6) is 0. The van der Waals surface area contributed by atoms with Gasteiger partial charge in [-0.1, -0.05) is 6.07 Å². The van der Waals surface area contributed by atoms with Crippen molar-refractivity contribution in [3.05, 3.63) is 33.9 Å². The molecule has 1 N–H and O–H groups in total. The molecular weight excluding hydrogens is 296 g/mol. The third kappa shape index (κ3) is 5.41. The van der Waals surface area contributed by atoms with E-state index >= 15 is 0 Å². The molecule has 0 atom stereocenters. The lowest BCUT2D eigenvalue weighted by Crippen LogP contribution is -2.26. The Kier molecular flexibility index (Phi) is 6.25. The molecule has 0 radical (unpaired) electrons. The van der Waals surface area contributed by atoms with Gasteiger partial charge in [0.05, 0.1) is 15.9 Å². The van der Waals surface area contributed by atoms with Crippen LogP contribution in [0.3, 0.4) is 0 Å². The van der Waals surface area contributed by atoms with Crippen molar-refractivity contribution < 1.29 is 18.1 Å². The molecular formula is C13H20N2O5S. The summed E-state index contributed by atoms with van der Waals surface area (Å²) in [4.78, 5) is 10.1. The van der Waals surface area contributed by atoms with E-state index in [2.05, 4.69) is 4.72 Å². The molecule has 0 saturated carbocycles. The number of benzene rings is 1. The molecule has 0 fully saturated rings. The van der Waals surface area contributed by atoms with Gasteiger partial charge < -0.3 is 4.74 Å². The highest BCUT2D eigenvalue weighted by molar-refractivity contribution is 7.89. The normalized spacial score (nSPS) is 11.8. The number of nitrogens with zero attached hydrogens (tertiary/aromatic N) is 1. The van der Waals surface area contributed by atoms with E-state index in [-0.39, 0.29) is 23.2 Å². The molecule has 0 heterocycles. The van der Waals surface area contributed by atoms with Crippen molar-refractivity contribution in [2.75, 3.05) is 13.2 Å². The van der Waals surface area contributed by atoms with Crippen molar-refractivity contribution in [3.63, 3.8) is 0 Å². The van der Waals surface area contributed by atoms with Gasteiger partial charge in [0, 0.05) is 24.8 Å². The number of nitro benzene ring substituents is 1. The zero-order valence-corrected chi connectivity index (χ0v) is 13.1. The lowest BCUT2D eigenvalue weighted by atomic mass is 10.2. The minimum atomic E-state index is -3.74. The largest absolute Gasteiger partial charge is 0.379 e. The fourth-order valence-corrected chi connectivity index (χ4v) is 2.73. The van der Waals surface area contributed by atoms with Crippen molar-refractivity contribution in [1.29, 1.82) is 0 Å². The third-order valence-corrected chi connectivity index (χ3v) is 4.21. The van der Waals surface area contributed by atoms with Gasteiger partial charge >= 0.3 is 0 Å². The molecule has 0 aliphatic rings. The molecule has 1 aromatic rings. The van der Waals surface area contributed by atoms with Crippen LogP contribution in [-0.2, 0) is 14.8 Å². The fourth-order valence-electron chi connectivity index (χ4n) is 1.63. The van der Waals surface area contributed by atoms with E-state index in [4.69, 9.17) is 4.74 Å². The minimum Gasteiger partial charge on any atom is -0.379 e. The second-order valence-electron chi connectivity index (χ2n) is 4.88. The van der Waals surface area contributed by atoms with E-state index in [0.29, 0.717) is 18.6 Å². The van der Waals surface area contributed by atoms with E-state index < -0.39 is 14.9 Å². The topological polar surface area (TPSA) is 98.5 Å². The maximum Gasteiger partial charge on any atom is 0.273 e. The van der Waals surface area contributed by atoms with Crippen LogP contribution in [0, 0.1) is 17.0 Å². The van der Waals surface area contributed by atoms with Gasteiger partial charge in [-0.2, -0.15) is 0 Å². The van der Waals surface area contributed by atoms with Crippen LogP contribution < -0.4 is 4.72 Å². The summed E-state index contributed by atoms with van der Waals surface area (Å²) in [6, 6.07) is 3.85. The summed E-state index contributed by atoms with van der Waals surface area (Å²) in [5.41, 5.74) is 0.213. The van der Waals surface area contributed by atoms with Crippen LogP contribution in [0.15, 0.2) is 23.1 Å². The van der Waals surface area contributed by atoms with E-state index in [0.717, 1.165) is 6.07 Å². The lowest BCUT2D eigenvalue weighted by molar-refractivity contribution is -0.385. The van der Waals surface area contributed by atoms with Gasteiger partial charge in [0.15, 0.2) is 0 Å². The summed E-state index contributed by atoms with van der Waals surface area (Å²) in [7, 11) is -3.74. The second kappa shape index (κ2) is 7.48. The Balaban J connectivity index is 2.70. The first kappa shape index (κ1) is 17.5. The molecule has 1 aromatic carbocycles. The Hall–Kier alpha value is -1.51. The second-order valence-corrected chi connectivity index (χ2v) is 6.64. The van der Waals surface area contributed by atoms with Crippen molar-refractivity contribution in [2.45, 2.75) is 38.2 Å². The van der Waals surface area contributed by atoms with Crippen LogP contribution in [0.1, 0.15) is 25.8 Å². The zero-order chi connectivity index (χ0) is 16.0. The molecule has 0 aromatic heterocycles. The highest BCUT2D eigenvalue weighted by Crippen LogP contribution is 2.21. The van der Waals surface area contributed by atoms with Gasteiger partial charge in [-0.05, 0) is 33.3 Å². The van der Waals surface area contributed by atoms with Gasteiger partial charge in [0.2, 0.25) is 10.0 Å². The monoisotopic (exact) mass is 316 g/mol. The standard InChI is InChI=1S/C13H20N2O5S/c1-10(2)20-8-4-7-14-21(18,19)12-6-5-11(3)13(9-12)15(16)17/h5-6,9-10,14H,4,7-8H2,1-3H3. The average molecular weight is 316 g/mol. The molecule has 0 unspecified atom stereocenters. The Labute approximate surface area is 124 Å². The van der Waals surface area contributed by atoms with E-state index in [9.17, 15) is 18.5 Å². The number of aryl methyl sites for hydroxylation is 1. The summed E-state index contributed by atoms with van der Waals surface area (Å²) < 4.78 is 31.8. The molecule has 0 bridgehead atoms. The highest BCUT2D eigenvalue weighted by atomic mass is 32.2. The van der Waals surface area contributed by atoms with Crippen LogP contribution >= 0.6 is 0 Å². The smallest absolute Gasteiger partial charge is 0.273 e. The first-order chi connectivity index (χ1) is 9.74. The number of nitrogens with one attached hydrogen (secondary N) is 1. The summed E-state index contributed by atoms with van der Waals surface area (Å²) in [6.07, 6.45) is 0.632. The lowest BCUT2D eigenvalue weighted by Gasteiger charge is -2.09. The van der Waals surface area contributed by atoms with E-state index in [1.807, 2.05) is 13.8 Å². The van der Waals surface area contributed by atoms with Crippen LogP contribution in [0.2, 0.25) is 0 Å². The number of rotatable bonds is 8. The molecule has 7 nitrogen and oxygen atoms in total. The van der Waals surface area contributed by atoms with Gasteiger partial charge in [-0.15, -0.1) is 0 Å². The van der Waals surface area contributed by atoms with Crippen LogP contribution in [0.25, 0.3) is 0 Å². The van der Waals surface area contributed by atoms with Crippen molar-refractivity contribution in [3.8, 4) is 0 Å². The molecule has 0 spiro atoms. The number of hydrogen-bond acceptors (Lipinski definition) is 5. The molecule has 0 aliphatic heterocycles. The molecule has 118 valence electrons. The predicted octanol–water partition coefficient (Wildman–Crippen LogP) is 2.00. The van der Waals surface area contributed by atoms with Gasteiger partial charge in [0.1, 0.15) is 0 Å². The minimum absolute atomic E-state index is 0.0985. The SMILES string of the molecule is Cc1ccc(S(=O)(=O)NCCCOC(C)C)cc1[N+](=O)[O-]. The Morgan fingerprint density at radius 2 is 2.05 bits per heavy atom. The van der Waals surface area contributed by atoms with Crippen LogP contribution in [0.5, 0.6) is 0 Å². The van der Waals surface area contributed by atoms with Crippen molar-refractivity contribution in [1.82, 2.24) is 4.72 Å². The third-order valence-electron chi connectivity index (χ3n) is 2.75. The van der Waals surface area contributed by atoms with Crippen molar-refractivity contribution >= 4 is 15.7 Å². The molecule has 0 saturated heterocycles. The van der Waals surface area contributed by atoms with Crippen LogP contribution in [0.4, 0.5) is 5.69 Å². The molecule has 0 aliphatic carbocycles. The van der Waals surface area contributed by atoms with Gasteiger partial charge in [-0.3, -0.25) is 10.1 Å². The number of ether oxygens (including phenoxy) is 1. The maximum atomic E-state index is 12.0. The summed E-state index contributed by atoms with van der Waals surface area (Å²) in [6.45, 7) is 6.03. The molecule has 21 heavy (non-hydrogen) atoms. The first-order valence-electron chi connectivity index (χ1n) is 6.60. The Morgan fingerprint density at radius 1 is 1.38 bits per heavy atom. The van der Waals surface area contributed by atoms with E-state index in [1.165, 1.54) is 12.1 Å². The van der Waals surface area contributed by atoms with E-state index in [1.54, 1.807) is 6.92 Å². The number of sulfonamides is 1. The zero-order valence-electron chi connectivity index (χ0n) is 12.3. The van der Waals surface area contributed by atoms with Crippen LogP contribution in [-0.4, -0.2) is 32.6 Å². The van der Waals surface area contributed by atoms with Gasteiger partial charge in [0.25, 0.3) is 5.69 Å². The average Bonchev–Trinajstić information content (AvgIpc) is 2.37.